The SMILES string of the molecule is CC1(C)c2cc3c4cc5ccccc5cc4n(-c4nc(-c5ccccc5)cc(-c5ccccc5)n4)c3cc2-n2c3ccccc3c3cccc1c32. The molecule has 1 aliphatic heterocycles. The topological polar surface area (TPSA) is 35.6 Å². The average Bonchev–Trinajstić information content (AvgIpc) is 3.68. The van der Waals surface area contributed by atoms with Crippen LogP contribution in [0, 0.1) is 0 Å². The monoisotopic (exact) mass is 652 g/mol. The van der Waals surface area contributed by atoms with Crippen molar-refractivity contribution >= 4 is 54.4 Å². The zero-order valence-corrected chi connectivity index (χ0v) is 28.3. The molecule has 0 amide bonds. The van der Waals surface area contributed by atoms with E-state index >= 15 is 0 Å². The van der Waals surface area contributed by atoms with Crippen LogP contribution in [0.25, 0.3) is 88.5 Å². The van der Waals surface area contributed by atoms with Crippen LogP contribution in [0.1, 0.15) is 25.0 Å². The average molecular weight is 653 g/mol. The predicted octanol–water partition coefficient (Wildman–Crippen LogP) is 11.8. The Bertz CT molecular complexity index is 2980. The van der Waals surface area contributed by atoms with Crippen molar-refractivity contribution in [1.82, 2.24) is 19.1 Å². The van der Waals surface area contributed by atoms with Crippen LogP contribution in [0.3, 0.4) is 0 Å². The molecule has 7 aromatic carbocycles. The molecule has 4 heteroatoms. The minimum Gasteiger partial charge on any atom is -0.309 e. The van der Waals surface area contributed by atoms with Gasteiger partial charge in [0.1, 0.15) is 0 Å². The van der Waals surface area contributed by atoms with Crippen LogP contribution < -0.4 is 0 Å². The zero-order chi connectivity index (χ0) is 33.8. The fourth-order valence-corrected chi connectivity index (χ4v) is 8.60. The number of hydrogen-bond acceptors (Lipinski definition) is 2. The summed E-state index contributed by atoms with van der Waals surface area (Å²) in [5.41, 5.74) is 12.2. The Morgan fingerprint density at radius 2 is 1.02 bits per heavy atom. The first-order valence-corrected chi connectivity index (χ1v) is 17.6. The Kier molecular flexibility index (Phi) is 5.70. The number of benzene rings is 7. The number of nitrogens with zero attached hydrogens (tertiary/aromatic N) is 4. The Balaban J connectivity index is 1.31. The Morgan fingerprint density at radius 3 is 1.75 bits per heavy atom. The number of fused-ring (bicyclic) bond motifs is 9. The van der Waals surface area contributed by atoms with Crippen molar-refractivity contribution < 1.29 is 0 Å². The summed E-state index contributed by atoms with van der Waals surface area (Å²) in [6, 6.07) is 56.8. The third kappa shape index (κ3) is 3.96. The molecule has 0 radical (unpaired) electrons. The largest absolute Gasteiger partial charge is 0.309 e. The van der Waals surface area contributed by atoms with E-state index in [1.165, 1.54) is 60.2 Å². The van der Waals surface area contributed by atoms with Gasteiger partial charge in [-0.25, -0.2) is 9.97 Å². The molecule has 4 nitrogen and oxygen atoms in total. The second-order valence-electron chi connectivity index (χ2n) is 14.3. The maximum Gasteiger partial charge on any atom is 0.235 e. The van der Waals surface area contributed by atoms with Gasteiger partial charge in [-0.1, -0.05) is 135 Å². The van der Waals surface area contributed by atoms with Gasteiger partial charge in [-0.3, -0.25) is 4.57 Å². The van der Waals surface area contributed by atoms with Crippen molar-refractivity contribution in [3.05, 3.63) is 169 Å². The second-order valence-corrected chi connectivity index (χ2v) is 14.3. The number of para-hydroxylation sites is 2. The molecular formula is C47H32N4. The van der Waals surface area contributed by atoms with Gasteiger partial charge in [0.05, 0.1) is 39.1 Å². The molecule has 0 saturated carbocycles. The van der Waals surface area contributed by atoms with Gasteiger partial charge in [-0.15, -0.1) is 0 Å². The first-order valence-electron chi connectivity index (χ1n) is 17.6. The van der Waals surface area contributed by atoms with E-state index in [4.69, 9.17) is 9.97 Å². The summed E-state index contributed by atoms with van der Waals surface area (Å²) in [4.78, 5) is 10.7. The highest BCUT2D eigenvalue weighted by atomic mass is 15.2. The summed E-state index contributed by atoms with van der Waals surface area (Å²) >= 11 is 0. The highest BCUT2D eigenvalue weighted by molar-refractivity contribution is 6.16. The van der Waals surface area contributed by atoms with Crippen LogP contribution in [-0.4, -0.2) is 19.1 Å². The lowest BCUT2D eigenvalue weighted by molar-refractivity contribution is 0.631. The molecule has 10 aromatic rings. The smallest absolute Gasteiger partial charge is 0.235 e. The van der Waals surface area contributed by atoms with Crippen LogP contribution in [0.4, 0.5) is 0 Å². The van der Waals surface area contributed by atoms with E-state index in [1.54, 1.807) is 0 Å². The molecule has 0 fully saturated rings. The fraction of sp³-hybridized carbons (Fsp3) is 0.0638. The summed E-state index contributed by atoms with van der Waals surface area (Å²) < 4.78 is 4.79. The summed E-state index contributed by atoms with van der Waals surface area (Å²) in [7, 11) is 0. The normalized spacial score (nSPS) is 13.5. The summed E-state index contributed by atoms with van der Waals surface area (Å²) in [5, 5.41) is 7.36. The molecule has 0 aliphatic carbocycles. The van der Waals surface area contributed by atoms with Gasteiger partial charge >= 0.3 is 0 Å². The van der Waals surface area contributed by atoms with E-state index in [0.717, 1.165) is 33.5 Å². The number of rotatable bonds is 3. The Morgan fingerprint density at radius 1 is 0.431 bits per heavy atom. The highest BCUT2D eigenvalue weighted by Crippen LogP contribution is 2.49. The molecule has 4 heterocycles. The van der Waals surface area contributed by atoms with E-state index in [2.05, 4.69) is 169 Å². The van der Waals surface area contributed by atoms with Crippen LogP contribution >= 0.6 is 0 Å². The third-order valence-corrected chi connectivity index (χ3v) is 11.1. The van der Waals surface area contributed by atoms with E-state index in [1.807, 2.05) is 12.1 Å². The molecule has 240 valence electrons. The van der Waals surface area contributed by atoms with Crippen molar-refractivity contribution in [2.45, 2.75) is 19.3 Å². The van der Waals surface area contributed by atoms with E-state index in [0.29, 0.717) is 5.95 Å². The molecule has 0 saturated heterocycles. The molecule has 0 bridgehead atoms. The minimum atomic E-state index is -0.219. The fourth-order valence-electron chi connectivity index (χ4n) is 8.60. The number of hydrogen-bond donors (Lipinski definition) is 0. The second kappa shape index (κ2) is 10.3. The molecule has 0 N–H and O–H groups in total. The van der Waals surface area contributed by atoms with Gasteiger partial charge in [0.2, 0.25) is 5.95 Å². The van der Waals surface area contributed by atoms with E-state index < -0.39 is 0 Å². The summed E-state index contributed by atoms with van der Waals surface area (Å²) in [5.74, 6) is 0.656. The molecule has 3 aromatic heterocycles. The first kappa shape index (κ1) is 28.3. The molecular weight excluding hydrogens is 621 g/mol. The lowest BCUT2D eigenvalue weighted by Gasteiger charge is -2.35. The maximum absolute atomic E-state index is 5.35. The Hall–Kier alpha value is -6.52. The third-order valence-electron chi connectivity index (χ3n) is 11.1. The number of aromatic nitrogens is 4. The maximum atomic E-state index is 5.35. The van der Waals surface area contributed by atoms with Crippen molar-refractivity contribution in [3.63, 3.8) is 0 Å². The highest BCUT2D eigenvalue weighted by Gasteiger charge is 2.36. The standard InChI is InChI=1S/C47H32N4/c1-47(2)37-22-13-21-34-33-20-11-12-23-41(33)50(45(34)37)44-28-43-36(26-38(44)47)35-24-31-18-9-10-19-32(31)25-42(35)51(43)46-48-39(29-14-5-3-6-15-29)27-40(49-46)30-16-7-4-8-17-30/h3-28H,1-2H3. The van der Waals surface area contributed by atoms with Gasteiger partial charge in [0.15, 0.2) is 0 Å². The van der Waals surface area contributed by atoms with Crippen LogP contribution in [0.15, 0.2) is 158 Å². The van der Waals surface area contributed by atoms with Crippen molar-refractivity contribution in [3.8, 4) is 34.2 Å². The quantitative estimate of drug-likeness (QED) is 0.190. The predicted molar refractivity (Wildman–Crippen MR) is 211 cm³/mol. The van der Waals surface area contributed by atoms with Gasteiger partial charge in [-0.05, 0) is 58.3 Å². The van der Waals surface area contributed by atoms with Crippen LogP contribution in [0.5, 0.6) is 0 Å². The lowest BCUT2D eigenvalue weighted by atomic mass is 9.74. The van der Waals surface area contributed by atoms with Gasteiger partial charge in [0.25, 0.3) is 0 Å². The molecule has 0 spiro atoms. The molecule has 0 atom stereocenters. The van der Waals surface area contributed by atoms with E-state index in [-0.39, 0.29) is 5.41 Å². The first-order chi connectivity index (χ1) is 25.0. The molecule has 0 unspecified atom stereocenters. The van der Waals surface area contributed by atoms with Gasteiger partial charge in [-0.2, -0.15) is 0 Å². The zero-order valence-electron chi connectivity index (χ0n) is 28.3. The van der Waals surface area contributed by atoms with Crippen LogP contribution in [0.2, 0.25) is 0 Å². The van der Waals surface area contributed by atoms with Crippen molar-refractivity contribution in [2.24, 2.45) is 0 Å². The molecule has 51 heavy (non-hydrogen) atoms. The van der Waals surface area contributed by atoms with Gasteiger partial charge < -0.3 is 4.57 Å². The minimum absolute atomic E-state index is 0.219. The van der Waals surface area contributed by atoms with Crippen molar-refractivity contribution in [1.29, 1.82) is 0 Å². The molecule has 1 aliphatic rings. The summed E-state index contributed by atoms with van der Waals surface area (Å²) in [6.45, 7) is 4.75. The Labute approximate surface area is 294 Å². The lowest BCUT2D eigenvalue weighted by Crippen LogP contribution is -2.26. The summed E-state index contributed by atoms with van der Waals surface area (Å²) in [6.07, 6.45) is 0. The van der Waals surface area contributed by atoms with Crippen molar-refractivity contribution in [2.75, 3.05) is 0 Å². The van der Waals surface area contributed by atoms with Crippen LogP contribution in [-0.2, 0) is 5.41 Å². The molecule has 11 rings (SSSR count). The van der Waals surface area contributed by atoms with E-state index in [9.17, 15) is 0 Å². The van der Waals surface area contributed by atoms with Gasteiger partial charge in [0, 0.05) is 38.1 Å².